The van der Waals surface area contributed by atoms with E-state index in [2.05, 4.69) is 4.72 Å². The molecule has 108 valence electrons. The first-order valence-corrected chi connectivity index (χ1v) is 8.70. The van der Waals surface area contributed by atoms with E-state index >= 15 is 0 Å². The number of nitrogens with two attached hydrogens (primary N) is 1. The second kappa shape index (κ2) is 5.95. The molecule has 6 heteroatoms. The Morgan fingerprint density at radius 3 is 2.70 bits per heavy atom. The van der Waals surface area contributed by atoms with E-state index in [-0.39, 0.29) is 4.90 Å². The maximum Gasteiger partial charge on any atom is 0.240 e. The van der Waals surface area contributed by atoms with Gasteiger partial charge in [0.1, 0.15) is 0 Å². The SMILES string of the molecule is Cc1cc(N)cc(S(=O)(=O)NCCc2ccsc2)c1C. The van der Waals surface area contributed by atoms with E-state index in [4.69, 9.17) is 5.73 Å². The number of nitrogen functional groups attached to an aromatic ring is 1. The van der Waals surface area contributed by atoms with E-state index in [1.807, 2.05) is 23.8 Å². The van der Waals surface area contributed by atoms with Gasteiger partial charge in [0.15, 0.2) is 0 Å². The van der Waals surface area contributed by atoms with Crippen LogP contribution < -0.4 is 10.5 Å². The van der Waals surface area contributed by atoms with Crippen molar-refractivity contribution in [2.75, 3.05) is 12.3 Å². The van der Waals surface area contributed by atoms with Crippen molar-refractivity contribution < 1.29 is 8.42 Å². The molecule has 20 heavy (non-hydrogen) atoms. The summed E-state index contributed by atoms with van der Waals surface area (Å²) >= 11 is 1.61. The minimum absolute atomic E-state index is 0.264. The molecule has 0 amide bonds. The van der Waals surface area contributed by atoms with E-state index in [0.29, 0.717) is 18.7 Å². The van der Waals surface area contributed by atoms with Crippen LogP contribution in [0.2, 0.25) is 0 Å². The van der Waals surface area contributed by atoms with Crippen molar-refractivity contribution in [3.8, 4) is 0 Å². The third-order valence-corrected chi connectivity index (χ3v) is 5.54. The van der Waals surface area contributed by atoms with Gasteiger partial charge >= 0.3 is 0 Å². The Bertz CT molecular complexity index is 692. The Labute approximate surface area is 123 Å². The van der Waals surface area contributed by atoms with Gasteiger partial charge in [-0.2, -0.15) is 11.3 Å². The predicted molar refractivity (Wildman–Crippen MR) is 83.5 cm³/mol. The van der Waals surface area contributed by atoms with Crippen molar-refractivity contribution in [2.45, 2.75) is 25.2 Å². The standard InChI is InChI=1S/C14H18N2O2S2/c1-10-7-13(15)8-14(11(10)2)20(17,18)16-5-3-12-4-6-19-9-12/h4,6-9,16H,3,5,15H2,1-2H3. The van der Waals surface area contributed by atoms with Crippen LogP contribution in [-0.2, 0) is 16.4 Å². The minimum atomic E-state index is -3.52. The summed E-state index contributed by atoms with van der Waals surface area (Å²) in [4.78, 5) is 0.264. The molecule has 2 aromatic rings. The van der Waals surface area contributed by atoms with Crippen LogP contribution in [0.5, 0.6) is 0 Å². The molecule has 3 N–H and O–H groups in total. The molecular formula is C14H18N2O2S2. The van der Waals surface area contributed by atoms with Crippen molar-refractivity contribution in [2.24, 2.45) is 0 Å². The predicted octanol–water partition coefficient (Wildman–Crippen LogP) is 2.47. The lowest BCUT2D eigenvalue weighted by Gasteiger charge is -2.12. The van der Waals surface area contributed by atoms with Crippen LogP contribution in [0.1, 0.15) is 16.7 Å². The molecule has 0 aliphatic carbocycles. The average molecular weight is 310 g/mol. The Hall–Kier alpha value is -1.37. The molecule has 0 atom stereocenters. The van der Waals surface area contributed by atoms with Gasteiger partial charge in [0.2, 0.25) is 10.0 Å². The highest BCUT2D eigenvalue weighted by atomic mass is 32.2. The van der Waals surface area contributed by atoms with E-state index in [1.54, 1.807) is 24.3 Å². The number of sulfonamides is 1. The fourth-order valence-electron chi connectivity index (χ4n) is 1.98. The quantitative estimate of drug-likeness (QED) is 0.833. The molecule has 0 unspecified atom stereocenters. The molecule has 0 bridgehead atoms. The van der Waals surface area contributed by atoms with Gasteiger partial charge in [-0.05, 0) is 65.9 Å². The summed E-state index contributed by atoms with van der Waals surface area (Å²) in [6.07, 6.45) is 0.684. The number of hydrogen-bond acceptors (Lipinski definition) is 4. The van der Waals surface area contributed by atoms with Crippen molar-refractivity contribution in [3.63, 3.8) is 0 Å². The van der Waals surface area contributed by atoms with Crippen LogP contribution in [0.25, 0.3) is 0 Å². The molecule has 1 heterocycles. The van der Waals surface area contributed by atoms with Gasteiger partial charge in [0.05, 0.1) is 4.90 Å². The zero-order chi connectivity index (χ0) is 14.8. The van der Waals surface area contributed by atoms with Gasteiger partial charge in [-0.3, -0.25) is 0 Å². The van der Waals surface area contributed by atoms with Crippen molar-refractivity contribution in [3.05, 3.63) is 45.6 Å². The molecule has 1 aromatic heterocycles. The molecule has 0 radical (unpaired) electrons. The zero-order valence-corrected chi connectivity index (χ0v) is 13.1. The van der Waals surface area contributed by atoms with Gasteiger partial charge < -0.3 is 5.73 Å². The first kappa shape index (κ1) is 15.0. The number of hydrogen-bond donors (Lipinski definition) is 2. The molecular weight excluding hydrogens is 292 g/mol. The number of rotatable bonds is 5. The highest BCUT2D eigenvalue weighted by molar-refractivity contribution is 7.89. The van der Waals surface area contributed by atoms with Crippen LogP contribution in [0.3, 0.4) is 0 Å². The second-order valence-corrected chi connectivity index (χ2v) is 7.26. The van der Waals surface area contributed by atoms with E-state index in [9.17, 15) is 8.42 Å². The summed E-state index contributed by atoms with van der Waals surface area (Å²) in [7, 11) is -3.52. The Kier molecular flexibility index (Phi) is 4.47. The topological polar surface area (TPSA) is 72.2 Å². The molecule has 0 saturated heterocycles. The van der Waals surface area contributed by atoms with Crippen molar-refractivity contribution >= 4 is 27.0 Å². The fraction of sp³-hybridized carbons (Fsp3) is 0.286. The first-order chi connectivity index (χ1) is 9.40. The third-order valence-electron chi connectivity index (χ3n) is 3.22. The minimum Gasteiger partial charge on any atom is -0.399 e. The Balaban J connectivity index is 2.14. The zero-order valence-electron chi connectivity index (χ0n) is 11.5. The number of nitrogens with one attached hydrogen (secondary N) is 1. The van der Waals surface area contributed by atoms with Gasteiger partial charge in [-0.25, -0.2) is 13.1 Å². The number of aryl methyl sites for hydroxylation is 1. The summed E-state index contributed by atoms with van der Waals surface area (Å²) in [5.41, 5.74) is 8.96. The number of thiophene rings is 1. The summed E-state index contributed by atoms with van der Waals surface area (Å²) < 4.78 is 27.3. The lowest BCUT2D eigenvalue weighted by molar-refractivity contribution is 0.581. The molecule has 1 aromatic carbocycles. The second-order valence-electron chi connectivity index (χ2n) is 4.74. The number of anilines is 1. The first-order valence-electron chi connectivity index (χ1n) is 6.27. The summed E-state index contributed by atoms with van der Waals surface area (Å²) in [6, 6.07) is 5.28. The lowest BCUT2D eigenvalue weighted by atomic mass is 10.1. The van der Waals surface area contributed by atoms with Gasteiger partial charge in [0, 0.05) is 12.2 Å². The molecule has 2 rings (SSSR count). The van der Waals surface area contributed by atoms with Gasteiger partial charge in [-0.15, -0.1) is 0 Å². The van der Waals surface area contributed by atoms with Crippen LogP contribution in [0.15, 0.2) is 33.9 Å². The summed E-state index contributed by atoms with van der Waals surface area (Å²) in [5, 5.41) is 4.00. The van der Waals surface area contributed by atoms with Gasteiger partial charge in [-0.1, -0.05) is 0 Å². The lowest BCUT2D eigenvalue weighted by Crippen LogP contribution is -2.26. The largest absolute Gasteiger partial charge is 0.399 e. The summed E-state index contributed by atoms with van der Waals surface area (Å²) in [6.45, 7) is 4.03. The molecule has 0 fully saturated rings. The highest BCUT2D eigenvalue weighted by Gasteiger charge is 2.18. The molecule has 0 aliphatic rings. The van der Waals surface area contributed by atoms with Crippen LogP contribution in [0.4, 0.5) is 5.69 Å². The van der Waals surface area contributed by atoms with E-state index < -0.39 is 10.0 Å². The molecule has 0 spiro atoms. The van der Waals surface area contributed by atoms with Crippen LogP contribution in [-0.4, -0.2) is 15.0 Å². The average Bonchev–Trinajstić information content (AvgIpc) is 2.86. The summed E-state index contributed by atoms with van der Waals surface area (Å²) in [5.74, 6) is 0. The maximum absolute atomic E-state index is 12.3. The normalized spacial score (nSPS) is 11.7. The smallest absolute Gasteiger partial charge is 0.240 e. The molecule has 4 nitrogen and oxygen atoms in total. The fourth-order valence-corrected chi connectivity index (χ4v) is 4.06. The van der Waals surface area contributed by atoms with E-state index in [0.717, 1.165) is 16.7 Å². The maximum atomic E-state index is 12.3. The van der Waals surface area contributed by atoms with E-state index in [1.165, 1.54) is 6.07 Å². The van der Waals surface area contributed by atoms with Crippen molar-refractivity contribution in [1.29, 1.82) is 0 Å². The highest BCUT2D eigenvalue weighted by Crippen LogP contribution is 2.22. The monoisotopic (exact) mass is 310 g/mol. The van der Waals surface area contributed by atoms with Gasteiger partial charge in [0.25, 0.3) is 0 Å². The number of benzene rings is 1. The Morgan fingerprint density at radius 1 is 1.30 bits per heavy atom. The van der Waals surface area contributed by atoms with Crippen molar-refractivity contribution in [1.82, 2.24) is 4.72 Å². The molecule has 0 aliphatic heterocycles. The van der Waals surface area contributed by atoms with Crippen LogP contribution in [0, 0.1) is 13.8 Å². The van der Waals surface area contributed by atoms with Crippen LogP contribution >= 0.6 is 11.3 Å². The Morgan fingerprint density at radius 2 is 2.05 bits per heavy atom. The third kappa shape index (κ3) is 3.39. The molecule has 0 saturated carbocycles.